The van der Waals surface area contributed by atoms with Crippen molar-refractivity contribution in [2.24, 2.45) is 0 Å². The predicted molar refractivity (Wildman–Crippen MR) is 105 cm³/mol. The summed E-state index contributed by atoms with van der Waals surface area (Å²) in [5, 5.41) is 3.11. The summed E-state index contributed by atoms with van der Waals surface area (Å²) in [7, 11) is 0. The Balaban J connectivity index is 1.74. The molecule has 0 unspecified atom stereocenters. The van der Waals surface area contributed by atoms with Gasteiger partial charge in [-0.1, -0.05) is 6.92 Å². The van der Waals surface area contributed by atoms with Crippen molar-refractivity contribution in [3.63, 3.8) is 0 Å². The van der Waals surface area contributed by atoms with Gasteiger partial charge in [0.15, 0.2) is 11.4 Å². The van der Waals surface area contributed by atoms with E-state index >= 15 is 0 Å². The van der Waals surface area contributed by atoms with Crippen molar-refractivity contribution in [3.8, 4) is 5.75 Å². The van der Waals surface area contributed by atoms with E-state index in [1.165, 1.54) is 0 Å². The maximum Gasteiger partial charge on any atom is 0.409 e. The summed E-state index contributed by atoms with van der Waals surface area (Å²) in [6.07, 6.45) is 3.60. The molecule has 1 N–H and O–H groups in total. The summed E-state index contributed by atoms with van der Waals surface area (Å²) in [6.45, 7) is 7.75. The van der Waals surface area contributed by atoms with Crippen molar-refractivity contribution in [1.29, 1.82) is 0 Å². The number of nitrogens with one attached hydrogen (secondary N) is 1. The van der Waals surface area contributed by atoms with Crippen LogP contribution in [-0.4, -0.2) is 58.6 Å². The largest absolute Gasteiger partial charge is 0.490 e. The number of carbonyl (C=O) groups is 2. The van der Waals surface area contributed by atoms with Gasteiger partial charge in [-0.05, 0) is 45.2 Å². The lowest BCUT2D eigenvalue weighted by molar-refractivity contribution is 0.0855. The molecule has 152 valence electrons. The van der Waals surface area contributed by atoms with Gasteiger partial charge in [-0.15, -0.1) is 0 Å². The predicted octanol–water partition coefficient (Wildman–Crippen LogP) is 2.65. The second-order valence-electron chi connectivity index (χ2n) is 6.69. The molecule has 0 bridgehead atoms. The third-order valence-corrected chi connectivity index (χ3v) is 4.89. The lowest BCUT2D eigenvalue weighted by Gasteiger charge is -2.31. The minimum atomic E-state index is -0.286. The summed E-state index contributed by atoms with van der Waals surface area (Å²) in [6, 6.07) is 3.73. The summed E-state index contributed by atoms with van der Waals surface area (Å²) < 4.78 is 12.5. The van der Waals surface area contributed by atoms with Crippen LogP contribution < -0.4 is 10.1 Å². The summed E-state index contributed by atoms with van der Waals surface area (Å²) in [5.41, 5.74) is 1.95. The van der Waals surface area contributed by atoms with Gasteiger partial charge in [0.2, 0.25) is 0 Å². The lowest BCUT2D eigenvalue weighted by atomic mass is 10.1. The molecule has 1 aliphatic rings. The number of hydrogen-bond donors (Lipinski definition) is 1. The van der Waals surface area contributed by atoms with Gasteiger partial charge >= 0.3 is 6.09 Å². The van der Waals surface area contributed by atoms with Crippen molar-refractivity contribution in [2.75, 3.05) is 26.3 Å². The highest BCUT2D eigenvalue weighted by molar-refractivity contribution is 5.95. The van der Waals surface area contributed by atoms with Crippen LogP contribution in [0.5, 0.6) is 5.75 Å². The van der Waals surface area contributed by atoms with Gasteiger partial charge in [-0.3, -0.25) is 9.20 Å². The van der Waals surface area contributed by atoms with E-state index in [9.17, 15) is 9.59 Å². The zero-order valence-electron chi connectivity index (χ0n) is 16.7. The highest BCUT2D eigenvalue weighted by atomic mass is 16.6. The van der Waals surface area contributed by atoms with E-state index in [1.807, 2.05) is 32.2 Å². The maximum absolute atomic E-state index is 13.0. The number of aryl methyl sites for hydroxylation is 1. The fourth-order valence-electron chi connectivity index (χ4n) is 3.52. The van der Waals surface area contributed by atoms with Gasteiger partial charge in [0.25, 0.3) is 5.91 Å². The van der Waals surface area contributed by atoms with Crippen molar-refractivity contribution in [1.82, 2.24) is 19.6 Å². The van der Waals surface area contributed by atoms with E-state index < -0.39 is 0 Å². The summed E-state index contributed by atoms with van der Waals surface area (Å²) >= 11 is 0. The highest BCUT2D eigenvalue weighted by Crippen LogP contribution is 2.23. The number of imidazole rings is 1. The molecular formula is C20H28N4O4. The molecule has 0 aromatic carbocycles. The molecule has 0 radical (unpaired) electrons. The average molecular weight is 388 g/mol. The number of ether oxygens (including phenoxy) is 2. The molecule has 3 rings (SSSR count). The molecule has 2 amide bonds. The summed E-state index contributed by atoms with van der Waals surface area (Å²) in [5.74, 6) is 0.522. The molecule has 8 heteroatoms. The van der Waals surface area contributed by atoms with Crippen molar-refractivity contribution in [2.45, 2.75) is 46.1 Å². The third kappa shape index (κ3) is 4.05. The molecule has 1 fully saturated rings. The number of fused-ring (bicyclic) bond motifs is 1. The lowest BCUT2D eigenvalue weighted by Crippen LogP contribution is -2.47. The van der Waals surface area contributed by atoms with E-state index in [2.05, 4.69) is 10.3 Å². The SMILES string of the molecule is CCOC(=O)N1CCC(NC(=O)c2c(CC)nc3c(OCC)cccn23)CC1. The molecule has 0 saturated carbocycles. The van der Waals surface area contributed by atoms with Crippen LogP contribution in [0.25, 0.3) is 5.65 Å². The minimum Gasteiger partial charge on any atom is -0.490 e. The molecule has 2 aromatic heterocycles. The molecule has 1 aliphatic heterocycles. The number of aromatic nitrogens is 2. The Morgan fingerprint density at radius 3 is 2.61 bits per heavy atom. The first-order valence-corrected chi connectivity index (χ1v) is 9.94. The zero-order chi connectivity index (χ0) is 20.1. The third-order valence-electron chi connectivity index (χ3n) is 4.89. The Labute approximate surface area is 164 Å². The van der Waals surface area contributed by atoms with Gasteiger partial charge < -0.3 is 19.7 Å². The number of pyridine rings is 1. The second kappa shape index (κ2) is 8.95. The standard InChI is InChI=1S/C20H28N4O4/c1-4-15-17(24-11-7-8-16(27-5-2)18(24)22-15)19(25)21-14-9-12-23(13-10-14)20(26)28-6-3/h7-8,11,14H,4-6,9-10,12-13H2,1-3H3,(H,21,25). The number of amides is 2. The topological polar surface area (TPSA) is 85.2 Å². The first kappa shape index (κ1) is 20.0. The van der Waals surface area contributed by atoms with E-state index in [-0.39, 0.29) is 18.0 Å². The number of nitrogens with zero attached hydrogens (tertiary/aromatic N) is 3. The fraction of sp³-hybridized carbons (Fsp3) is 0.550. The second-order valence-corrected chi connectivity index (χ2v) is 6.69. The monoisotopic (exact) mass is 388 g/mol. The molecule has 3 heterocycles. The number of piperidine rings is 1. The Kier molecular flexibility index (Phi) is 6.38. The smallest absolute Gasteiger partial charge is 0.409 e. The quantitative estimate of drug-likeness (QED) is 0.822. The van der Waals surface area contributed by atoms with Crippen LogP contribution >= 0.6 is 0 Å². The fourth-order valence-corrected chi connectivity index (χ4v) is 3.52. The number of rotatable bonds is 6. The number of likely N-dealkylation sites (tertiary alicyclic amines) is 1. The first-order chi connectivity index (χ1) is 13.6. The molecule has 0 aliphatic carbocycles. The first-order valence-electron chi connectivity index (χ1n) is 9.94. The number of carbonyl (C=O) groups excluding carboxylic acids is 2. The molecule has 1 saturated heterocycles. The number of hydrogen-bond acceptors (Lipinski definition) is 5. The highest BCUT2D eigenvalue weighted by Gasteiger charge is 2.27. The summed E-state index contributed by atoms with van der Waals surface area (Å²) in [4.78, 5) is 31.2. The van der Waals surface area contributed by atoms with Crippen molar-refractivity contribution in [3.05, 3.63) is 29.7 Å². The van der Waals surface area contributed by atoms with Crippen LogP contribution in [0.1, 0.15) is 49.8 Å². The van der Waals surface area contributed by atoms with Gasteiger partial charge in [-0.2, -0.15) is 0 Å². The average Bonchev–Trinajstić information content (AvgIpc) is 3.09. The van der Waals surface area contributed by atoms with Gasteiger partial charge in [-0.25, -0.2) is 9.78 Å². The van der Waals surface area contributed by atoms with E-state index in [0.29, 0.717) is 62.7 Å². The van der Waals surface area contributed by atoms with Crippen LogP contribution in [0.15, 0.2) is 18.3 Å². The van der Waals surface area contributed by atoms with E-state index in [0.717, 1.165) is 5.69 Å². The van der Waals surface area contributed by atoms with Crippen LogP contribution in [-0.2, 0) is 11.2 Å². The van der Waals surface area contributed by atoms with Gasteiger partial charge in [0.1, 0.15) is 5.69 Å². The van der Waals surface area contributed by atoms with Crippen LogP contribution in [0.4, 0.5) is 4.79 Å². The molecule has 0 atom stereocenters. The molecule has 8 nitrogen and oxygen atoms in total. The Morgan fingerprint density at radius 2 is 1.96 bits per heavy atom. The molecule has 2 aromatic rings. The van der Waals surface area contributed by atoms with Gasteiger partial charge in [0, 0.05) is 25.3 Å². The van der Waals surface area contributed by atoms with Crippen molar-refractivity contribution < 1.29 is 19.1 Å². The minimum absolute atomic E-state index is 0.0171. The maximum atomic E-state index is 13.0. The van der Waals surface area contributed by atoms with E-state index in [4.69, 9.17) is 9.47 Å². The molecule has 28 heavy (non-hydrogen) atoms. The molecule has 0 spiro atoms. The van der Waals surface area contributed by atoms with Crippen LogP contribution in [0.2, 0.25) is 0 Å². The van der Waals surface area contributed by atoms with Gasteiger partial charge in [0.05, 0.1) is 18.9 Å². The zero-order valence-corrected chi connectivity index (χ0v) is 16.7. The Hall–Kier alpha value is -2.77. The van der Waals surface area contributed by atoms with Crippen molar-refractivity contribution >= 4 is 17.6 Å². The Bertz CT molecular complexity index is 840. The van der Waals surface area contributed by atoms with Crippen LogP contribution in [0, 0.1) is 0 Å². The van der Waals surface area contributed by atoms with Crippen LogP contribution in [0.3, 0.4) is 0 Å². The molecular weight excluding hydrogens is 360 g/mol. The normalized spacial score (nSPS) is 14.9. The van der Waals surface area contributed by atoms with E-state index in [1.54, 1.807) is 16.2 Å². The Morgan fingerprint density at radius 1 is 1.21 bits per heavy atom.